The molecule has 11 heteroatoms. The van der Waals surface area contributed by atoms with E-state index in [1.54, 1.807) is 13.8 Å². The molecular formula is C17H13F5O5S. The fourth-order valence-electron chi connectivity index (χ4n) is 2.76. The van der Waals surface area contributed by atoms with Crippen molar-refractivity contribution in [1.29, 1.82) is 0 Å². The fourth-order valence-corrected chi connectivity index (χ4v) is 3.71. The van der Waals surface area contributed by atoms with E-state index in [4.69, 9.17) is 4.74 Å². The Bertz CT molecular complexity index is 1040. The second-order valence-electron chi connectivity index (χ2n) is 6.72. The molecule has 1 N–H and O–H groups in total. The molecule has 1 aliphatic rings. The third kappa shape index (κ3) is 3.39. The van der Waals surface area contributed by atoms with Gasteiger partial charge in [0, 0.05) is 18.1 Å². The Morgan fingerprint density at radius 3 is 2.14 bits per heavy atom. The zero-order valence-corrected chi connectivity index (χ0v) is 15.2. The summed E-state index contributed by atoms with van der Waals surface area (Å²) in [6.45, 7) is 3.29. The second-order valence-corrected chi connectivity index (χ2v) is 8.26. The average molecular weight is 424 g/mol. The van der Waals surface area contributed by atoms with Crippen LogP contribution in [0.2, 0.25) is 0 Å². The Balaban J connectivity index is 2.04. The van der Waals surface area contributed by atoms with Gasteiger partial charge in [0.15, 0.2) is 0 Å². The molecule has 2 aromatic carbocycles. The van der Waals surface area contributed by atoms with Crippen molar-refractivity contribution < 1.29 is 44.4 Å². The lowest BCUT2D eigenvalue weighted by atomic mass is 9.92. The fraction of sp³-hybridized carbons (Fsp3) is 0.294. The molecule has 1 atom stereocenters. The van der Waals surface area contributed by atoms with Crippen molar-refractivity contribution in [2.45, 2.75) is 36.9 Å². The summed E-state index contributed by atoms with van der Waals surface area (Å²) >= 11 is 0. The Hall–Kier alpha value is -2.40. The third-order valence-corrected chi connectivity index (χ3v) is 5.28. The number of aliphatic hydroxyl groups is 1. The summed E-state index contributed by atoms with van der Waals surface area (Å²) < 4.78 is 101. The Labute approximate surface area is 156 Å². The number of benzene rings is 2. The molecule has 2 aromatic rings. The number of ether oxygens (including phenoxy) is 1. The van der Waals surface area contributed by atoms with Gasteiger partial charge in [-0.25, -0.2) is 13.2 Å². The van der Waals surface area contributed by atoms with Crippen molar-refractivity contribution in [2.24, 2.45) is 0 Å². The molecule has 1 heterocycles. The van der Waals surface area contributed by atoms with Crippen LogP contribution in [0, 0.1) is 29.1 Å². The Kier molecular flexibility index (Phi) is 4.79. The number of fused-ring (bicyclic) bond motifs is 1. The number of hydrogen-bond donors (Lipinski definition) is 1. The lowest BCUT2D eigenvalue weighted by Crippen LogP contribution is -2.34. The van der Waals surface area contributed by atoms with Gasteiger partial charge < -0.3 is 14.0 Å². The van der Waals surface area contributed by atoms with Crippen molar-refractivity contribution in [3.8, 4) is 11.5 Å². The van der Waals surface area contributed by atoms with Crippen LogP contribution in [0.25, 0.3) is 0 Å². The normalized spacial score (nSPS) is 18.4. The molecule has 0 radical (unpaired) electrons. The largest absolute Gasteiger partial charge is 0.487 e. The van der Waals surface area contributed by atoms with Crippen molar-refractivity contribution >= 4 is 10.1 Å². The topological polar surface area (TPSA) is 72.8 Å². The van der Waals surface area contributed by atoms with Gasteiger partial charge in [-0.05, 0) is 19.9 Å². The van der Waals surface area contributed by atoms with Gasteiger partial charge in [0.05, 0.1) is 6.10 Å². The number of aliphatic hydroxyl groups excluding tert-OH is 1. The first-order valence-corrected chi connectivity index (χ1v) is 9.22. The molecule has 0 saturated heterocycles. The maximum Gasteiger partial charge on any atom is 0.339 e. The predicted molar refractivity (Wildman–Crippen MR) is 84.8 cm³/mol. The van der Waals surface area contributed by atoms with Gasteiger partial charge in [0.2, 0.25) is 34.8 Å². The van der Waals surface area contributed by atoms with E-state index in [1.807, 2.05) is 0 Å². The quantitative estimate of drug-likeness (QED) is 0.352. The summed E-state index contributed by atoms with van der Waals surface area (Å²) in [4.78, 5) is -0.667. The van der Waals surface area contributed by atoms with Gasteiger partial charge in [0.25, 0.3) is 0 Å². The first-order valence-electron chi connectivity index (χ1n) is 7.81. The van der Waals surface area contributed by atoms with Crippen molar-refractivity contribution in [1.82, 2.24) is 0 Å². The SMILES string of the molecule is CC1(C)C[C@H](O)c2ccc(S(=O)(=O)Oc3c(F)c(F)c(F)c(F)c3F)cc2O1. The summed E-state index contributed by atoms with van der Waals surface area (Å²) in [5.41, 5.74) is -0.564. The molecule has 152 valence electrons. The summed E-state index contributed by atoms with van der Waals surface area (Å²) in [5.74, 6) is -14.0. The first-order chi connectivity index (χ1) is 12.8. The van der Waals surface area contributed by atoms with Gasteiger partial charge in [-0.2, -0.15) is 17.2 Å². The summed E-state index contributed by atoms with van der Waals surface area (Å²) in [6.07, 6.45) is -0.723. The van der Waals surface area contributed by atoms with Crippen LogP contribution in [0.5, 0.6) is 11.5 Å². The number of halogens is 5. The Morgan fingerprint density at radius 1 is 1.04 bits per heavy atom. The number of hydrogen-bond acceptors (Lipinski definition) is 5. The molecule has 5 nitrogen and oxygen atoms in total. The molecular weight excluding hydrogens is 411 g/mol. The van der Waals surface area contributed by atoms with E-state index in [0.717, 1.165) is 12.1 Å². The van der Waals surface area contributed by atoms with Crippen LogP contribution < -0.4 is 8.92 Å². The Morgan fingerprint density at radius 2 is 1.57 bits per heavy atom. The van der Waals surface area contributed by atoms with Crippen LogP contribution in [0.15, 0.2) is 23.1 Å². The van der Waals surface area contributed by atoms with Gasteiger partial charge >= 0.3 is 10.1 Å². The summed E-state index contributed by atoms with van der Waals surface area (Å²) in [7, 11) is -4.99. The third-order valence-electron chi connectivity index (χ3n) is 4.07. The van der Waals surface area contributed by atoms with E-state index in [1.165, 1.54) is 6.07 Å². The van der Waals surface area contributed by atoms with E-state index >= 15 is 0 Å². The standard InChI is InChI=1S/C17H13F5O5S/c1-17(2)6-9(23)8-4-3-7(5-10(8)26-17)28(24,25)27-16-14(21)12(19)11(18)13(20)15(16)22/h3-5,9,23H,6H2,1-2H3/t9-/m0/s1. The minimum Gasteiger partial charge on any atom is -0.487 e. The second kappa shape index (κ2) is 6.59. The van der Waals surface area contributed by atoms with E-state index in [0.29, 0.717) is 0 Å². The highest BCUT2D eigenvalue weighted by Crippen LogP contribution is 2.41. The highest BCUT2D eigenvalue weighted by atomic mass is 32.2. The van der Waals surface area contributed by atoms with Gasteiger partial charge in [-0.3, -0.25) is 0 Å². The van der Waals surface area contributed by atoms with Gasteiger partial charge in [-0.1, -0.05) is 6.07 Å². The summed E-state index contributed by atoms with van der Waals surface area (Å²) in [6, 6.07) is 3.08. The van der Waals surface area contributed by atoms with E-state index in [9.17, 15) is 35.5 Å². The molecule has 28 heavy (non-hydrogen) atoms. The zero-order valence-electron chi connectivity index (χ0n) is 14.4. The lowest BCUT2D eigenvalue weighted by molar-refractivity contribution is 0.0112. The molecule has 1 aliphatic heterocycles. The van der Waals surface area contributed by atoms with Crippen LogP contribution in [-0.2, 0) is 10.1 Å². The highest BCUT2D eigenvalue weighted by molar-refractivity contribution is 7.87. The van der Waals surface area contributed by atoms with E-state index in [2.05, 4.69) is 4.18 Å². The van der Waals surface area contributed by atoms with Crippen molar-refractivity contribution in [3.63, 3.8) is 0 Å². The van der Waals surface area contributed by atoms with Crippen LogP contribution in [0.1, 0.15) is 31.9 Å². The zero-order chi connectivity index (χ0) is 21.0. The lowest BCUT2D eigenvalue weighted by Gasteiger charge is -2.35. The van der Waals surface area contributed by atoms with Gasteiger partial charge in [0.1, 0.15) is 16.2 Å². The number of rotatable bonds is 3. The minimum absolute atomic E-state index is 0.0224. The van der Waals surface area contributed by atoms with E-state index in [-0.39, 0.29) is 17.7 Å². The van der Waals surface area contributed by atoms with Crippen LogP contribution in [0.4, 0.5) is 22.0 Å². The van der Waals surface area contributed by atoms with Gasteiger partial charge in [-0.15, -0.1) is 0 Å². The smallest absolute Gasteiger partial charge is 0.339 e. The van der Waals surface area contributed by atoms with E-state index < -0.39 is 61.6 Å². The molecule has 0 saturated carbocycles. The molecule has 0 bridgehead atoms. The first kappa shape index (κ1) is 20.3. The molecule has 0 aromatic heterocycles. The van der Waals surface area contributed by atoms with Crippen molar-refractivity contribution in [3.05, 3.63) is 52.8 Å². The van der Waals surface area contributed by atoms with Crippen LogP contribution in [-0.4, -0.2) is 19.1 Å². The molecule has 0 amide bonds. The monoisotopic (exact) mass is 424 g/mol. The van der Waals surface area contributed by atoms with Crippen LogP contribution in [0.3, 0.4) is 0 Å². The average Bonchev–Trinajstić information content (AvgIpc) is 2.60. The molecule has 0 spiro atoms. The predicted octanol–water partition coefficient (Wildman–Crippen LogP) is 3.74. The molecule has 0 unspecified atom stereocenters. The molecule has 0 aliphatic carbocycles. The molecule has 0 fully saturated rings. The highest BCUT2D eigenvalue weighted by Gasteiger charge is 2.35. The minimum atomic E-state index is -4.99. The van der Waals surface area contributed by atoms with Crippen LogP contribution >= 0.6 is 0 Å². The summed E-state index contributed by atoms with van der Waals surface area (Å²) in [5, 5.41) is 10.1. The maximum absolute atomic E-state index is 13.7. The maximum atomic E-state index is 13.7. The molecule has 3 rings (SSSR count). The van der Waals surface area contributed by atoms with Crippen molar-refractivity contribution in [2.75, 3.05) is 0 Å².